The van der Waals surface area contributed by atoms with Crippen LogP contribution in [0.5, 0.6) is 5.75 Å². The molecular weight excluding hydrogens is 312 g/mol. The fraction of sp³-hybridized carbons (Fsp3) is 0.500. The molecule has 1 fully saturated rings. The molecule has 6 heteroatoms. The van der Waals surface area contributed by atoms with Gasteiger partial charge >= 0.3 is 5.97 Å². The molecule has 1 aliphatic heterocycles. The first-order valence-corrected chi connectivity index (χ1v) is 8.06. The van der Waals surface area contributed by atoms with E-state index in [0.29, 0.717) is 42.9 Å². The number of benzene rings is 1. The Bertz CT molecular complexity index is 687. The third-order valence-corrected chi connectivity index (χ3v) is 4.87. The van der Waals surface area contributed by atoms with Crippen molar-refractivity contribution in [3.05, 3.63) is 29.3 Å². The smallest absolute Gasteiger partial charge is 0.324 e. The van der Waals surface area contributed by atoms with Crippen molar-refractivity contribution >= 4 is 17.5 Å². The molecule has 6 nitrogen and oxygen atoms in total. The predicted octanol–water partition coefficient (Wildman–Crippen LogP) is 1.69. The molecule has 1 aliphatic carbocycles. The standard InChI is InChI=1S/C18H20O6/c1-3-24-17(21)14-15(19)12-10-11(22-2)4-5-13(12)18(16(14)20)6-8-23-9-7-18/h4-5,10,14H,3,6-9H2,1-2H3. The fourth-order valence-electron chi connectivity index (χ4n) is 3.63. The molecule has 128 valence electrons. The lowest BCUT2D eigenvalue weighted by Crippen LogP contribution is -2.53. The summed E-state index contributed by atoms with van der Waals surface area (Å²) >= 11 is 0. The van der Waals surface area contributed by atoms with Crippen LogP contribution in [0.15, 0.2) is 18.2 Å². The zero-order chi connectivity index (χ0) is 17.3. The number of fused-ring (bicyclic) bond motifs is 2. The number of rotatable bonds is 3. The molecule has 0 amide bonds. The van der Waals surface area contributed by atoms with Gasteiger partial charge < -0.3 is 14.2 Å². The summed E-state index contributed by atoms with van der Waals surface area (Å²) in [6, 6.07) is 5.10. The van der Waals surface area contributed by atoms with Crippen LogP contribution in [-0.2, 0) is 24.5 Å². The molecule has 1 atom stereocenters. The van der Waals surface area contributed by atoms with Gasteiger partial charge in [0.2, 0.25) is 0 Å². The molecular formula is C18H20O6. The normalized spacial score (nSPS) is 22.2. The number of carbonyl (C=O) groups excluding carboxylic acids is 3. The number of ether oxygens (including phenoxy) is 3. The van der Waals surface area contributed by atoms with Gasteiger partial charge in [0, 0.05) is 18.8 Å². The number of ketones is 2. The van der Waals surface area contributed by atoms with E-state index in [4.69, 9.17) is 14.2 Å². The van der Waals surface area contributed by atoms with E-state index in [-0.39, 0.29) is 12.4 Å². The van der Waals surface area contributed by atoms with Crippen molar-refractivity contribution in [2.75, 3.05) is 26.9 Å². The highest BCUT2D eigenvalue weighted by atomic mass is 16.5. The number of Topliss-reactive ketones (excluding diaryl/α,β-unsaturated/α-hetero) is 2. The van der Waals surface area contributed by atoms with Crippen LogP contribution in [0.2, 0.25) is 0 Å². The Labute approximate surface area is 140 Å². The van der Waals surface area contributed by atoms with E-state index in [1.807, 2.05) is 0 Å². The molecule has 2 aliphatic rings. The van der Waals surface area contributed by atoms with Crippen LogP contribution in [0.4, 0.5) is 0 Å². The summed E-state index contributed by atoms with van der Waals surface area (Å²) in [4.78, 5) is 38.2. The van der Waals surface area contributed by atoms with E-state index >= 15 is 0 Å². The third-order valence-electron chi connectivity index (χ3n) is 4.87. The van der Waals surface area contributed by atoms with Crippen LogP contribution in [-0.4, -0.2) is 44.5 Å². The number of methoxy groups -OCH3 is 1. The highest BCUT2D eigenvalue weighted by Crippen LogP contribution is 2.45. The lowest BCUT2D eigenvalue weighted by atomic mass is 9.61. The van der Waals surface area contributed by atoms with Crippen molar-refractivity contribution in [3.8, 4) is 5.75 Å². The summed E-state index contributed by atoms with van der Waals surface area (Å²) in [6.07, 6.45) is 0.905. The number of carbonyl (C=O) groups is 3. The second kappa shape index (κ2) is 6.36. The third kappa shape index (κ3) is 2.41. The Balaban J connectivity index is 2.16. The summed E-state index contributed by atoms with van der Waals surface area (Å²) in [5, 5.41) is 0. The summed E-state index contributed by atoms with van der Waals surface area (Å²) in [5.41, 5.74) is 0.168. The molecule has 24 heavy (non-hydrogen) atoms. The van der Waals surface area contributed by atoms with Gasteiger partial charge in [0.1, 0.15) is 5.75 Å². The summed E-state index contributed by atoms with van der Waals surface area (Å²) < 4.78 is 15.6. The molecule has 1 heterocycles. The first kappa shape index (κ1) is 16.6. The quantitative estimate of drug-likeness (QED) is 0.619. The van der Waals surface area contributed by atoms with Gasteiger partial charge in [-0.15, -0.1) is 0 Å². The van der Waals surface area contributed by atoms with E-state index in [2.05, 4.69) is 0 Å². The minimum Gasteiger partial charge on any atom is -0.497 e. The number of hydrogen-bond donors (Lipinski definition) is 0. The van der Waals surface area contributed by atoms with Crippen LogP contribution in [0.25, 0.3) is 0 Å². The molecule has 1 saturated heterocycles. The van der Waals surface area contributed by atoms with Crippen molar-refractivity contribution < 1.29 is 28.6 Å². The first-order chi connectivity index (χ1) is 11.5. The van der Waals surface area contributed by atoms with Gasteiger partial charge in [0.05, 0.1) is 19.1 Å². The fourth-order valence-corrected chi connectivity index (χ4v) is 3.63. The molecule has 1 spiro atoms. The molecule has 0 radical (unpaired) electrons. The average molecular weight is 332 g/mol. The van der Waals surface area contributed by atoms with Gasteiger partial charge in [0.15, 0.2) is 17.5 Å². The highest BCUT2D eigenvalue weighted by molar-refractivity contribution is 6.28. The predicted molar refractivity (Wildman–Crippen MR) is 84.2 cm³/mol. The molecule has 0 N–H and O–H groups in total. The minimum atomic E-state index is -1.40. The lowest BCUT2D eigenvalue weighted by Gasteiger charge is -2.42. The molecule has 1 aromatic rings. The zero-order valence-corrected chi connectivity index (χ0v) is 13.8. The second-order valence-corrected chi connectivity index (χ2v) is 6.02. The lowest BCUT2D eigenvalue weighted by molar-refractivity contribution is -0.152. The maximum absolute atomic E-state index is 13.1. The van der Waals surface area contributed by atoms with Crippen molar-refractivity contribution in [3.63, 3.8) is 0 Å². The summed E-state index contributed by atoms with van der Waals surface area (Å²) in [7, 11) is 1.51. The molecule has 3 rings (SSSR count). The second-order valence-electron chi connectivity index (χ2n) is 6.02. The largest absolute Gasteiger partial charge is 0.497 e. The number of esters is 1. The molecule has 1 unspecified atom stereocenters. The topological polar surface area (TPSA) is 78.9 Å². The van der Waals surface area contributed by atoms with E-state index in [1.54, 1.807) is 25.1 Å². The first-order valence-electron chi connectivity index (χ1n) is 8.06. The van der Waals surface area contributed by atoms with Gasteiger partial charge in [-0.25, -0.2) is 0 Å². The monoisotopic (exact) mass is 332 g/mol. The van der Waals surface area contributed by atoms with Crippen LogP contribution < -0.4 is 4.74 Å². The van der Waals surface area contributed by atoms with E-state index in [9.17, 15) is 14.4 Å². The summed E-state index contributed by atoms with van der Waals surface area (Å²) in [5.74, 6) is -2.54. The summed E-state index contributed by atoms with van der Waals surface area (Å²) in [6.45, 7) is 2.61. The maximum Gasteiger partial charge on any atom is 0.324 e. The van der Waals surface area contributed by atoms with Gasteiger partial charge in [-0.3, -0.25) is 14.4 Å². The Morgan fingerprint density at radius 1 is 1.29 bits per heavy atom. The van der Waals surface area contributed by atoms with Crippen LogP contribution in [0.1, 0.15) is 35.7 Å². The Morgan fingerprint density at radius 3 is 2.62 bits per heavy atom. The SMILES string of the molecule is CCOC(=O)C1C(=O)c2cc(OC)ccc2C2(CCOCC2)C1=O. The Kier molecular flexibility index (Phi) is 4.41. The van der Waals surface area contributed by atoms with Crippen LogP contribution >= 0.6 is 0 Å². The Morgan fingerprint density at radius 2 is 2.00 bits per heavy atom. The average Bonchev–Trinajstić information content (AvgIpc) is 2.61. The van der Waals surface area contributed by atoms with Gasteiger partial charge in [-0.05, 0) is 37.5 Å². The van der Waals surface area contributed by atoms with Gasteiger partial charge in [-0.2, -0.15) is 0 Å². The van der Waals surface area contributed by atoms with Crippen LogP contribution in [0.3, 0.4) is 0 Å². The van der Waals surface area contributed by atoms with E-state index in [0.717, 1.165) is 0 Å². The molecule has 0 saturated carbocycles. The van der Waals surface area contributed by atoms with Gasteiger partial charge in [-0.1, -0.05) is 6.07 Å². The number of hydrogen-bond acceptors (Lipinski definition) is 6. The maximum atomic E-state index is 13.1. The van der Waals surface area contributed by atoms with Gasteiger partial charge in [0.25, 0.3) is 0 Å². The van der Waals surface area contributed by atoms with E-state index < -0.39 is 23.1 Å². The van der Waals surface area contributed by atoms with E-state index in [1.165, 1.54) is 7.11 Å². The zero-order valence-electron chi connectivity index (χ0n) is 13.8. The highest BCUT2D eigenvalue weighted by Gasteiger charge is 2.55. The minimum absolute atomic E-state index is 0.122. The van der Waals surface area contributed by atoms with Crippen molar-refractivity contribution in [1.29, 1.82) is 0 Å². The molecule has 1 aromatic carbocycles. The molecule has 0 bridgehead atoms. The Hall–Kier alpha value is -2.21. The van der Waals surface area contributed by atoms with Crippen molar-refractivity contribution in [1.82, 2.24) is 0 Å². The van der Waals surface area contributed by atoms with Crippen molar-refractivity contribution in [2.45, 2.75) is 25.2 Å². The molecule has 0 aromatic heterocycles. The van der Waals surface area contributed by atoms with Crippen LogP contribution in [0, 0.1) is 5.92 Å². The van der Waals surface area contributed by atoms with Crippen molar-refractivity contribution in [2.24, 2.45) is 5.92 Å².